The van der Waals surface area contributed by atoms with Gasteiger partial charge in [-0.15, -0.1) is 5.10 Å². The second kappa shape index (κ2) is 9.14. The van der Waals surface area contributed by atoms with Gasteiger partial charge >= 0.3 is 6.01 Å². The number of piperidine rings is 1. The summed E-state index contributed by atoms with van der Waals surface area (Å²) >= 11 is 12.1. The molecule has 0 saturated carbocycles. The summed E-state index contributed by atoms with van der Waals surface area (Å²) in [5, 5.41) is 11.1. The zero-order valence-corrected chi connectivity index (χ0v) is 18.8. The van der Waals surface area contributed by atoms with Crippen LogP contribution in [0.25, 0.3) is 11.5 Å². The van der Waals surface area contributed by atoms with Crippen LogP contribution in [0, 0.1) is 11.7 Å². The third kappa shape index (κ3) is 4.78. The van der Waals surface area contributed by atoms with Crippen LogP contribution in [0.4, 0.5) is 10.4 Å². The first-order valence-electron chi connectivity index (χ1n) is 9.59. The minimum atomic E-state index is -3.75. The molecule has 3 aromatic rings. The van der Waals surface area contributed by atoms with Crippen LogP contribution in [0.3, 0.4) is 0 Å². The van der Waals surface area contributed by atoms with Crippen LogP contribution in [0.15, 0.2) is 51.8 Å². The van der Waals surface area contributed by atoms with Crippen LogP contribution in [-0.2, 0) is 14.8 Å². The van der Waals surface area contributed by atoms with Crippen molar-refractivity contribution < 1.29 is 22.0 Å². The monoisotopic (exact) mass is 498 g/mol. The fourth-order valence-corrected chi connectivity index (χ4v) is 5.21. The highest BCUT2D eigenvalue weighted by Gasteiger charge is 2.32. The van der Waals surface area contributed by atoms with E-state index in [-0.39, 0.29) is 35.8 Å². The second-order valence-corrected chi connectivity index (χ2v) is 9.94. The molecule has 0 bridgehead atoms. The van der Waals surface area contributed by atoms with Crippen molar-refractivity contribution in [2.45, 2.75) is 17.7 Å². The van der Waals surface area contributed by atoms with Crippen molar-refractivity contribution in [3.8, 4) is 11.5 Å². The average molecular weight is 499 g/mol. The first-order valence-corrected chi connectivity index (χ1v) is 11.8. The Balaban J connectivity index is 1.38. The summed E-state index contributed by atoms with van der Waals surface area (Å²) in [6.45, 7) is 0.315. The molecule has 2 heterocycles. The number of aromatic nitrogens is 2. The van der Waals surface area contributed by atoms with Gasteiger partial charge in [-0.3, -0.25) is 10.1 Å². The van der Waals surface area contributed by atoms with Crippen molar-refractivity contribution in [1.29, 1.82) is 0 Å². The van der Waals surface area contributed by atoms with Crippen LogP contribution >= 0.6 is 23.2 Å². The molecule has 0 unspecified atom stereocenters. The number of benzene rings is 2. The number of rotatable bonds is 5. The molecule has 4 rings (SSSR count). The van der Waals surface area contributed by atoms with Gasteiger partial charge < -0.3 is 4.42 Å². The molecule has 0 atom stereocenters. The molecule has 8 nitrogen and oxygen atoms in total. The molecule has 1 amide bonds. The minimum Gasteiger partial charge on any atom is -0.403 e. The molecule has 32 heavy (non-hydrogen) atoms. The minimum absolute atomic E-state index is 0.0138. The lowest BCUT2D eigenvalue weighted by Gasteiger charge is -2.30. The molecular weight excluding hydrogens is 482 g/mol. The largest absolute Gasteiger partial charge is 0.403 e. The number of halogens is 3. The molecule has 2 aromatic carbocycles. The number of amides is 1. The summed E-state index contributed by atoms with van der Waals surface area (Å²) in [7, 11) is -3.75. The molecule has 168 valence electrons. The van der Waals surface area contributed by atoms with E-state index in [1.54, 1.807) is 18.2 Å². The van der Waals surface area contributed by atoms with E-state index in [9.17, 15) is 17.6 Å². The van der Waals surface area contributed by atoms with Crippen LogP contribution in [0.1, 0.15) is 12.8 Å². The summed E-state index contributed by atoms with van der Waals surface area (Å²) in [5.41, 5.74) is 0.437. The summed E-state index contributed by atoms with van der Waals surface area (Å²) in [6, 6.07) is 9.34. The lowest BCUT2D eigenvalue weighted by molar-refractivity contribution is -0.121. The lowest BCUT2D eigenvalue weighted by atomic mass is 9.97. The van der Waals surface area contributed by atoms with Crippen molar-refractivity contribution in [3.05, 3.63) is 58.3 Å². The third-order valence-corrected chi connectivity index (χ3v) is 7.57. The number of carbonyl (C=O) groups excluding carboxylic acids is 1. The highest BCUT2D eigenvalue weighted by atomic mass is 35.5. The van der Waals surface area contributed by atoms with E-state index in [1.807, 2.05) is 0 Å². The molecule has 0 aliphatic carbocycles. The Morgan fingerprint density at radius 2 is 1.78 bits per heavy atom. The van der Waals surface area contributed by atoms with Crippen molar-refractivity contribution in [2.75, 3.05) is 18.4 Å². The van der Waals surface area contributed by atoms with Crippen molar-refractivity contribution in [1.82, 2.24) is 14.5 Å². The number of carbonyl (C=O) groups is 1. The molecule has 1 fully saturated rings. The number of nitrogens with zero attached hydrogens (tertiary/aromatic N) is 3. The summed E-state index contributed by atoms with van der Waals surface area (Å²) < 4.78 is 45.3. The number of hydrogen-bond donors (Lipinski definition) is 1. The van der Waals surface area contributed by atoms with Gasteiger partial charge in [0.25, 0.3) is 5.89 Å². The summed E-state index contributed by atoms with van der Waals surface area (Å²) in [6.07, 6.45) is 0.626. The molecule has 1 saturated heterocycles. The van der Waals surface area contributed by atoms with E-state index in [1.165, 1.54) is 16.4 Å². The van der Waals surface area contributed by atoms with Gasteiger partial charge in [-0.2, -0.15) is 4.31 Å². The van der Waals surface area contributed by atoms with E-state index in [0.29, 0.717) is 28.5 Å². The fourth-order valence-electron chi connectivity index (χ4n) is 3.37. The van der Waals surface area contributed by atoms with E-state index < -0.39 is 21.8 Å². The SMILES string of the molecule is O=C(Nc1nnc(-c2cc(Cl)ccc2Cl)o1)C1CCN(S(=O)(=O)c2ccc(F)cc2)CC1. The molecule has 12 heteroatoms. The smallest absolute Gasteiger partial charge is 0.322 e. The quantitative estimate of drug-likeness (QED) is 0.564. The van der Waals surface area contributed by atoms with Crippen molar-refractivity contribution in [2.24, 2.45) is 5.92 Å². The summed E-state index contributed by atoms with van der Waals surface area (Å²) in [4.78, 5) is 12.6. The van der Waals surface area contributed by atoms with Crippen LogP contribution in [0.2, 0.25) is 10.0 Å². The standard InChI is InChI=1S/C20H17Cl2FN4O4S/c21-13-1-6-17(22)16(11-13)19-25-26-20(31-19)24-18(28)12-7-9-27(10-8-12)32(29,30)15-4-2-14(23)3-5-15/h1-6,11-12H,7-10H2,(H,24,26,28). The Morgan fingerprint density at radius 1 is 1.09 bits per heavy atom. The number of anilines is 1. The maximum absolute atomic E-state index is 13.1. The molecule has 1 N–H and O–H groups in total. The zero-order valence-electron chi connectivity index (χ0n) is 16.5. The molecule has 0 radical (unpaired) electrons. The Labute approximate surface area is 193 Å². The molecule has 1 aliphatic heterocycles. The third-order valence-electron chi connectivity index (χ3n) is 5.09. The van der Waals surface area contributed by atoms with Crippen LogP contribution in [-0.4, -0.2) is 41.9 Å². The summed E-state index contributed by atoms with van der Waals surface area (Å²) in [5.74, 6) is -1.19. The first kappa shape index (κ1) is 22.7. The van der Waals surface area contributed by atoms with Crippen LogP contribution < -0.4 is 5.32 Å². The predicted octanol–water partition coefficient (Wildman–Crippen LogP) is 4.22. The van der Waals surface area contributed by atoms with Gasteiger partial charge in [-0.25, -0.2) is 12.8 Å². The fraction of sp³-hybridized carbons (Fsp3) is 0.250. The Bertz CT molecular complexity index is 1240. The molecule has 0 spiro atoms. The normalized spacial score (nSPS) is 15.6. The van der Waals surface area contributed by atoms with Crippen molar-refractivity contribution in [3.63, 3.8) is 0 Å². The molecule has 1 aromatic heterocycles. The Morgan fingerprint density at radius 3 is 2.47 bits per heavy atom. The van der Waals surface area contributed by atoms with Gasteiger partial charge in [0, 0.05) is 24.0 Å². The number of nitrogens with one attached hydrogen (secondary N) is 1. The van der Waals surface area contributed by atoms with Crippen molar-refractivity contribution >= 4 is 45.1 Å². The van der Waals surface area contributed by atoms with E-state index >= 15 is 0 Å². The Hall–Kier alpha value is -2.53. The van der Waals surface area contributed by atoms with E-state index in [0.717, 1.165) is 12.1 Å². The molecule has 1 aliphatic rings. The van der Waals surface area contributed by atoms with Gasteiger partial charge in [0.05, 0.1) is 15.5 Å². The van der Waals surface area contributed by atoms with Gasteiger partial charge in [0.15, 0.2) is 0 Å². The van der Waals surface area contributed by atoms with Gasteiger partial charge in [0.2, 0.25) is 15.9 Å². The van der Waals surface area contributed by atoms with E-state index in [2.05, 4.69) is 15.5 Å². The number of sulfonamides is 1. The van der Waals surface area contributed by atoms with E-state index in [4.69, 9.17) is 27.6 Å². The predicted molar refractivity (Wildman–Crippen MR) is 116 cm³/mol. The first-order chi connectivity index (χ1) is 15.2. The average Bonchev–Trinajstić information content (AvgIpc) is 3.24. The second-order valence-electron chi connectivity index (χ2n) is 7.16. The van der Waals surface area contributed by atoms with Gasteiger partial charge in [-0.1, -0.05) is 28.3 Å². The highest BCUT2D eigenvalue weighted by Crippen LogP contribution is 2.31. The zero-order chi connectivity index (χ0) is 22.9. The van der Waals surface area contributed by atoms with Gasteiger partial charge in [-0.05, 0) is 55.3 Å². The maximum Gasteiger partial charge on any atom is 0.322 e. The molecular formula is C20H17Cl2FN4O4S. The van der Waals surface area contributed by atoms with Gasteiger partial charge in [0.1, 0.15) is 5.82 Å². The Kier molecular flexibility index (Phi) is 6.47. The maximum atomic E-state index is 13.1. The lowest BCUT2D eigenvalue weighted by Crippen LogP contribution is -2.41. The number of hydrogen-bond acceptors (Lipinski definition) is 6. The highest BCUT2D eigenvalue weighted by molar-refractivity contribution is 7.89. The topological polar surface area (TPSA) is 105 Å². The van der Waals surface area contributed by atoms with Crippen LogP contribution in [0.5, 0.6) is 0 Å².